The first-order valence-corrected chi connectivity index (χ1v) is 9.50. The van der Waals surface area contributed by atoms with E-state index < -0.39 is 5.82 Å². The summed E-state index contributed by atoms with van der Waals surface area (Å²) in [7, 11) is 0. The summed E-state index contributed by atoms with van der Waals surface area (Å²) in [5, 5.41) is 8.22. The van der Waals surface area contributed by atoms with Gasteiger partial charge in [0.25, 0.3) is 5.89 Å². The topological polar surface area (TPSA) is 59.2 Å². The standard InChI is InChI=1S/C18H15ClFN3O2S/c19-14-2-1-3-15(20)13(14)8-16(24)23-6-4-11(9-23)17-21-18(25-22-17)12-5-7-26-10-12/h1-3,5,7,10-11H,4,6,8-9H2. The summed E-state index contributed by atoms with van der Waals surface area (Å²) in [6, 6.07) is 6.35. The number of amides is 1. The average Bonchev–Trinajstić information content (AvgIpc) is 3.38. The van der Waals surface area contributed by atoms with Crippen LogP contribution in [0.2, 0.25) is 5.02 Å². The van der Waals surface area contributed by atoms with E-state index in [1.54, 1.807) is 22.3 Å². The maximum atomic E-state index is 13.9. The summed E-state index contributed by atoms with van der Waals surface area (Å²) in [6.07, 6.45) is 0.698. The number of carbonyl (C=O) groups is 1. The third-order valence-corrected chi connectivity index (χ3v) is 5.54. The van der Waals surface area contributed by atoms with E-state index in [9.17, 15) is 9.18 Å². The Kier molecular flexibility index (Phi) is 4.74. The largest absolute Gasteiger partial charge is 0.342 e. The lowest BCUT2D eigenvalue weighted by atomic mass is 10.1. The van der Waals surface area contributed by atoms with Gasteiger partial charge in [-0.15, -0.1) is 0 Å². The smallest absolute Gasteiger partial charge is 0.258 e. The number of halogens is 2. The predicted octanol–water partition coefficient (Wildman–Crippen LogP) is 4.15. The van der Waals surface area contributed by atoms with Crippen molar-refractivity contribution in [3.8, 4) is 11.5 Å². The van der Waals surface area contributed by atoms with Crippen LogP contribution in [0.25, 0.3) is 11.5 Å². The van der Waals surface area contributed by atoms with Crippen LogP contribution >= 0.6 is 22.9 Å². The molecule has 0 radical (unpaired) electrons. The van der Waals surface area contributed by atoms with E-state index in [0.29, 0.717) is 24.8 Å². The summed E-state index contributed by atoms with van der Waals surface area (Å²) in [5.41, 5.74) is 1.13. The van der Waals surface area contributed by atoms with E-state index in [1.165, 1.54) is 12.1 Å². The molecular weight excluding hydrogens is 377 g/mol. The van der Waals surface area contributed by atoms with Gasteiger partial charge in [0, 0.05) is 35.0 Å². The van der Waals surface area contributed by atoms with E-state index in [1.807, 2.05) is 16.8 Å². The molecule has 1 amide bonds. The van der Waals surface area contributed by atoms with Crippen LogP contribution < -0.4 is 0 Å². The van der Waals surface area contributed by atoms with Gasteiger partial charge in [-0.1, -0.05) is 22.8 Å². The Morgan fingerprint density at radius 3 is 3.08 bits per heavy atom. The molecule has 1 aliphatic rings. The Hall–Kier alpha value is -2.25. The molecule has 3 heterocycles. The van der Waals surface area contributed by atoms with Gasteiger partial charge in [-0.05, 0) is 30.0 Å². The van der Waals surface area contributed by atoms with Gasteiger partial charge in [0.15, 0.2) is 5.82 Å². The fourth-order valence-electron chi connectivity index (χ4n) is 3.07. The predicted molar refractivity (Wildman–Crippen MR) is 96.7 cm³/mol. The molecule has 1 unspecified atom stereocenters. The normalized spacial score (nSPS) is 17.0. The molecule has 0 spiro atoms. The molecule has 3 aromatic rings. The summed E-state index contributed by atoms with van der Waals surface area (Å²) in [4.78, 5) is 18.7. The van der Waals surface area contributed by atoms with E-state index in [0.717, 1.165) is 12.0 Å². The maximum absolute atomic E-state index is 13.9. The Bertz CT molecular complexity index is 908. The number of aromatic nitrogens is 2. The van der Waals surface area contributed by atoms with Gasteiger partial charge in [-0.3, -0.25) is 4.79 Å². The van der Waals surface area contributed by atoms with Crippen LogP contribution in [0, 0.1) is 5.82 Å². The number of benzene rings is 1. The number of rotatable bonds is 4. The molecule has 0 bridgehead atoms. The number of nitrogens with zero attached hydrogens (tertiary/aromatic N) is 3. The molecule has 1 atom stereocenters. The lowest BCUT2D eigenvalue weighted by molar-refractivity contribution is -0.129. The third-order valence-electron chi connectivity index (χ3n) is 4.51. The zero-order valence-electron chi connectivity index (χ0n) is 13.7. The minimum atomic E-state index is -0.458. The third kappa shape index (κ3) is 3.37. The van der Waals surface area contributed by atoms with Crippen LogP contribution in [0.1, 0.15) is 23.7 Å². The Balaban J connectivity index is 1.43. The Labute approximate surface area is 158 Å². The lowest BCUT2D eigenvalue weighted by Gasteiger charge is -2.16. The first-order chi connectivity index (χ1) is 12.6. The summed E-state index contributed by atoms with van der Waals surface area (Å²) in [6.45, 7) is 1.07. The van der Waals surface area contributed by atoms with Crippen molar-refractivity contribution < 1.29 is 13.7 Å². The van der Waals surface area contributed by atoms with Crippen molar-refractivity contribution in [3.05, 3.63) is 57.3 Å². The highest BCUT2D eigenvalue weighted by atomic mass is 35.5. The van der Waals surface area contributed by atoms with Crippen molar-refractivity contribution in [2.45, 2.75) is 18.8 Å². The first kappa shape index (κ1) is 17.2. The van der Waals surface area contributed by atoms with Crippen LogP contribution in [0.5, 0.6) is 0 Å². The van der Waals surface area contributed by atoms with Gasteiger partial charge in [-0.25, -0.2) is 4.39 Å². The van der Waals surface area contributed by atoms with Crippen molar-refractivity contribution in [2.75, 3.05) is 13.1 Å². The minimum Gasteiger partial charge on any atom is -0.342 e. The van der Waals surface area contributed by atoms with E-state index >= 15 is 0 Å². The summed E-state index contributed by atoms with van der Waals surface area (Å²) >= 11 is 7.58. The summed E-state index contributed by atoms with van der Waals surface area (Å²) in [5.74, 6) is 0.502. The van der Waals surface area contributed by atoms with Crippen molar-refractivity contribution >= 4 is 28.8 Å². The zero-order valence-corrected chi connectivity index (χ0v) is 15.3. The zero-order chi connectivity index (χ0) is 18.1. The molecule has 1 saturated heterocycles. The SMILES string of the molecule is O=C(Cc1c(F)cccc1Cl)N1CCC(c2noc(-c3ccsc3)n2)C1. The van der Waals surface area contributed by atoms with Crippen LogP contribution in [0.4, 0.5) is 4.39 Å². The highest BCUT2D eigenvalue weighted by molar-refractivity contribution is 7.08. The van der Waals surface area contributed by atoms with Crippen molar-refractivity contribution in [1.82, 2.24) is 15.0 Å². The molecule has 1 aliphatic heterocycles. The highest BCUT2D eigenvalue weighted by Crippen LogP contribution is 2.29. The molecule has 2 aromatic heterocycles. The summed E-state index contributed by atoms with van der Waals surface area (Å²) < 4.78 is 19.2. The molecule has 4 rings (SSSR count). The molecule has 26 heavy (non-hydrogen) atoms. The van der Waals surface area contributed by atoms with Crippen LogP contribution in [-0.4, -0.2) is 34.0 Å². The van der Waals surface area contributed by atoms with Crippen LogP contribution in [0.15, 0.2) is 39.5 Å². The van der Waals surface area contributed by atoms with Gasteiger partial charge < -0.3 is 9.42 Å². The van der Waals surface area contributed by atoms with Gasteiger partial charge in [0.1, 0.15) is 5.82 Å². The van der Waals surface area contributed by atoms with Gasteiger partial charge >= 0.3 is 0 Å². The van der Waals surface area contributed by atoms with E-state index in [2.05, 4.69) is 10.1 Å². The van der Waals surface area contributed by atoms with E-state index in [-0.39, 0.29) is 28.8 Å². The number of hydrogen-bond acceptors (Lipinski definition) is 5. The number of likely N-dealkylation sites (tertiary alicyclic amines) is 1. The minimum absolute atomic E-state index is 0.0196. The van der Waals surface area contributed by atoms with Crippen LogP contribution in [-0.2, 0) is 11.2 Å². The van der Waals surface area contributed by atoms with Gasteiger partial charge in [0.2, 0.25) is 5.91 Å². The van der Waals surface area contributed by atoms with Gasteiger partial charge in [-0.2, -0.15) is 16.3 Å². The first-order valence-electron chi connectivity index (χ1n) is 8.18. The highest BCUT2D eigenvalue weighted by Gasteiger charge is 2.31. The lowest BCUT2D eigenvalue weighted by Crippen LogP contribution is -2.30. The van der Waals surface area contributed by atoms with E-state index in [4.69, 9.17) is 16.1 Å². The fraction of sp³-hybridized carbons (Fsp3) is 0.278. The van der Waals surface area contributed by atoms with Crippen molar-refractivity contribution in [1.29, 1.82) is 0 Å². The average molecular weight is 392 g/mol. The second kappa shape index (κ2) is 7.17. The quantitative estimate of drug-likeness (QED) is 0.670. The van der Waals surface area contributed by atoms with Crippen molar-refractivity contribution in [3.63, 3.8) is 0 Å². The molecule has 8 heteroatoms. The molecular formula is C18H15ClFN3O2S. The molecule has 0 aliphatic carbocycles. The Morgan fingerprint density at radius 1 is 1.42 bits per heavy atom. The van der Waals surface area contributed by atoms with Crippen molar-refractivity contribution in [2.24, 2.45) is 0 Å². The number of carbonyl (C=O) groups excluding carboxylic acids is 1. The molecule has 1 aromatic carbocycles. The second-order valence-corrected chi connectivity index (χ2v) is 7.36. The monoisotopic (exact) mass is 391 g/mol. The number of thiophene rings is 1. The van der Waals surface area contributed by atoms with Crippen LogP contribution in [0.3, 0.4) is 0 Å². The molecule has 1 fully saturated rings. The fourth-order valence-corrected chi connectivity index (χ4v) is 3.93. The number of hydrogen-bond donors (Lipinski definition) is 0. The molecule has 0 N–H and O–H groups in total. The molecule has 134 valence electrons. The Morgan fingerprint density at radius 2 is 2.31 bits per heavy atom. The second-order valence-electron chi connectivity index (χ2n) is 6.17. The molecule has 0 saturated carbocycles. The molecule has 5 nitrogen and oxygen atoms in total. The van der Waals surface area contributed by atoms with Gasteiger partial charge in [0.05, 0.1) is 12.0 Å². The maximum Gasteiger partial charge on any atom is 0.258 e.